The first-order chi connectivity index (χ1) is 10.0. The van der Waals surface area contributed by atoms with Gasteiger partial charge in [-0.3, -0.25) is 4.79 Å². The molecule has 0 spiro atoms. The van der Waals surface area contributed by atoms with Crippen LogP contribution in [-0.4, -0.2) is 35.0 Å². The molecule has 0 aliphatic heterocycles. The van der Waals surface area contributed by atoms with Crippen LogP contribution < -0.4 is 4.74 Å². The summed E-state index contributed by atoms with van der Waals surface area (Å²) in [5, 5.41) is 9.10. The monoisotopic (exact) mass is 309 g/mol. The number of thiophene rings is 1. The molecular formula is C15H19NO4S. The Kier molecular flexibility index (Phi) is 5.01. The van der Waals surface area contributed by atoms with E-state index in [0.717, 1.165) is 41.2 Å². The van der Waals surface area contributed by atoms with Crippen LogP contribution in [0.15, 0.2) is 17.8 Å². The maximum absolute atomic E-state index is 12.2. The molecule has 1 N–H and O–H groups in total. The van der Waals surface area contributed by atoms with Gasteiger partial charge < -0.3 is 14.7 Å². The van der Waals surface area contributed by atoms with Crippen molar-refractivity contribution in [2.45, 2.75) is 33.1 Å². The second kappa shape index (κ2) is 6.76. The number of likely N-dealkylation sites (N-methyl/N-ethyl adjacent to an activating group) is 1. The summed E-state index contributed by atoms with van der Waals surface area (Å²) in [4.78, 5) is 26.0. The van der Waals surface area contributed by atoms with Gasteiger partial charge in [0.1, 0.15) is 5.75 Å². The second-order valence-electron chi connectivity index (χ2n) is 4.87. The summed E-state index contributed by atoms with van der Waals surface area (Å²) in [6.07, 6.45) is 5.08. The van der Waals surface area contributed by atoms with Crippen LogP contribution in [0.25, 0.3) is 0 Å². The number of ether oxygens (including phenoxy) is 1. The van der Waals surface area contributed by atoms with Crippen molar-refractivity contribution in [1.82, 2.24) is 4.90 Å². The molecule has 0 unspecified atom stereocenters. The SMILES string of the molecule is CCN(C(=O)COc1cc(C)sc1C(=O)O)C1=CCCC1. The molecule has 1 aliphatic rings. The van der Waals surface area contributed by atoms with Crippen LogP contribution in [0.3, 0.4) is 0 Å². The van der Waals surface area contributed by atoms with E-state index in [1.165, 1.54) is 0 Å². The van der Waals surface area contributed by atoms with Gasteiger partial charge in [-0.25, -0.2) is 4.79 Å². The summed E-state index contributed by atoms with van der Waals surface area (Å²) >= 11 is 1.15. The van der Waals surface area contributed by atoms with Gasteiger partial charge in [0.05, 0.1) is 0 Å². The molecule has 1 aromatic heterocycles. The van der Waals surface area contributed by atoms with E-state index in [0.29, 0.717) is 6.54 Å². The van der Waals surface area contributed by atoms with E-state index in [9.17, 15) is 9.59 Å². The highest BCUT2D eigenvalue weighted by molar-refractivity contribution is 7.14. The first-order valence-corrected chi connectivity index (χ1v) is 7.80. The van der Waals surface area contributed by atoms with Gasteiger partial charge in [0.2, 0.25) is 0 Å². The molecule has 0 saturated heterocycles. The van der Waals surface area contributed by atoms with Crippen molar-refractivity contribution < 1.29 is 19.4 Å². The number of allylic oxidation sites excluding steroid dienone is 2. The zero-order valence-electron chi connectivity index (χ0n) is 12.2. The van der Waals surface area contributed by atoms with Crippen molar-refractivity contribution in [1.29, 1.82) is 0 Å². The van der Waals surface area contributed by atoms with Crippen molar-refractivity contribution in [3.8, 4) is 5.75 Å². The molecule has 1 heterocycles. The standard InChI is InChI=1S/C15H19NO4S/c1-3-16(11-6-4-5-7-11)13(17)9-20-12-8-10(2)21-14(12)15(18)19/h6,8H,3-5,7,9H2,1-2H3,(H,18,19). The maximum Gasteiger partial charge on any atom is 0.349 e. The van der Waals surface area contributed by atoms with Gasteiger partial charge in [0.15, 0.2) is 11.5 Å². The molecule has 2 rings (SSSR count). The van der Waals surface area contributed by atoms with Crippen LogP contribution >= 0.6 is 11.3 Å². The summed E-state index contributed by atoms with van der Waals surface area (Å²) in [5.41, 5.74) is 1.05. The van der Waals surface area contributed by atoms with Gasteiger partial charge in [0, 0.05) is 17.1 Å². The van der Waals surface area contributed by atoms with E-state index in [1.807, 2.05) is 13.8 Å². The van der Waals surface area contributed by atoms with Gasteiger partial charge in [-0.2, -0.15) is 0 Å². The van der Waals surface area contributed by atoms with Gasteiger partial charge in [-0.05, 0) is 39.2 Å². The number of hydrogen-bond donors (Lipinski definition) is 1. The molecule has 6 heteroatoms. The smallest absolute Gasteiger partial charge is 0.349 e. The van der Waals surface area contributed by atoms with Gasteiger partial charge in [-0.1, -0.05) is 6.08 Å². The minimum absolute atomic E-state index is 0.133. The molecule has 0 radical (unpaired) electrons. The van der Waals surface area contributed by atoms with E-state index in [-0.39, 0.29) is 23.1 Å². The molecule has 1 aromatic rings. The van der Waals surface area contributed by atoms with Crippen molar-refractivity contribution >= 4 is 23.2 Å². The molecule has 1 aliphatic carbocycles. The highest BCUT2D eigenvalue weighted by Gasteiger charge is 2.21. The van der Waals surface area contributed by atoms with Gasteiger partial charge in [-0.15, -0.1) is 11.3 Å². The number of carbonyl (C=O) groups excluding carboxylic acids is 1. The first-order valence-electron chi connectivity index (χ1n) is 6.98. The summed E-state index contributed by atoms with van der Waals surface area (Å²) in [6.45, 7) is 4.20. The zero-order valence-corrected chi connectivity index (χ0v) is 13.0. The summed E-state index contributed by atoms with van der Waals surface area (Å²) in [5.74, 6) is -0.887. The Hall–Kier alpha value is -1.82. The number of nitrogens with zero attached hydrogens (tertiary/aromatic N) is 1. The van der Waals surface area contributed by atoms with Crippen molar-refractivity contribution in [3.63, 3.8) is 0 Å². The average molecular weight is 309 g/mol. The van der Waals surface area contributed by atoms with E-state index >= 15 is 0 Å². The molecule has 0 aromatic carbocycles. The quantitative estimate of drug-likeness (QED) is 0.877. The Labute approximate surface area is 127 Å². The van der Waals surface area contributed by atoms with E-state index in [2.05, 4.69) is 6.08 Å². The van der Waals surface area contributed by atoms with Crippen molar-refractivity contribution in [2.75, 3.05) is 13.2 Å². The van der Waals surface area contributed by atoms with Crippen molar-refractivity contribution in [3.05, 3.63) is 27.6 Å². The molecule has 0 atom stereocenters. The Morgan fingerprint density at radius 3 is 2.81 bits per heavy atom. The van der Waals surface area contributed by atoms with Crippen LogP contribution in [0.5, 0.6) is 5.75 Å². The lowest BCUT2D eigenvalue weighted by molar-refractivity contribution is -0.131. The molecule has 0 fully saturated rings. The zero-order chi connectivity index (χ0) is 15.4. The van der Waals surface area contributed by atoms with Crippen LogP contribution in [0.1, 0.15) is 40.7 Å². The normalized spacial score (nSPS) is 13.9. The lowest BCUT2D eigenvalue weighted by Gasteiger charge is -2.22. The average Bonchev–Trinajstić information content (AvgIpc) is 3.07. The lowest BCUT2D eigenvalue weighted by Crippen LogP contribution is -2.33. The molecule has 21 heavy (non-hydrogen) atoms. The Morgan fingerprint density at radius 1 is 1.48 bits per heavy atom. The third kappa shape index (κ3) is 3.64. The number of carboxylic acids is 1. The summed E-state index contributed by atoms with van der Waals surface area (Å²) in [6, 6.07) is 1.66. The molecular weight excluding hydrogens is 290 g/mol. The Bertz CT molecular complexity index is 576. The van der Waals surface area contributed by atoms with Crippen LogP contribution in [0, 0.1) is 6.92 Å². The van der Waals surface area contributed by atoms with Gasteiger partial charge in [0.25, 0.3) is 5.91 Å². The van der Waals surface area contributed by atoms with E-state index in [4.69, 9.17) is 9.84 Å². The topological polar surface area (TPSA) is 66.8 Å². The Balaban J connectivity index is 2.02. The van der Waals surface area contributed by atoms with Crippen LogP contribution in [0.4, 0.5) is 0 Å². The minimum Gasteiger partial charge on any atom is -0.482 e. The molecule has 0 saturated carbocycles. The highest BCUT2D eigenvalue weighted by atomic mass is 32.1. The fourth-order valence-corrected chi connectivity index (χ4v) is 3.20. The lowest BCUT2D eigenvalue weighted by atomic mass is 10.3. The number of carboxylic acid groups (broad SMARTS) is 1. The van der Waals surface area contributed by atoms with Crippen LogP contribution in [0.2, 0.25) is 0 Å². The second-order valence-corrected chi connectivity index (χ2v) is 6.13. The number of carbonyl (C=O) groups is 2. The number of hydrogen-bond acceptors (Lipinski definition) is 4. The fourth-order valence-electron chi connectivity index (χ4n) is 2.40. The third-order valence-electron chi connectivity index (χ3n) is 3.35. The number of amides is 1. The number of aromatic carboxylic acids is 1. The van der Waals surface area contributed by atoms with E-state index in [1.54, 1.807) is 11.0 Å². The highest BCUT2D eigenvalue weighted by Crippen LogP contribution is 2.29. The number of rotatable bonds is 6. The van der Waals surface area contributed by atoms with Crippen LogP contribution in [-0.2, 0) is 4.79 Å². The summed E-state index contributed by atoms with van der Waals surface area (Å²) in [7, 11) is 0. The van der Waals surface area contributed by atoms with Gasteiger partial charge >= 0.3 is 5.97 Å². The van der Waals surface area contributed by atoms with E-state index < -0.39 is 5.97 Å². The fraction of sp³-hybridized carbons (Fsp3) is 0.467. The third-order valence-corrected chi connectivity index (χ3v) is 4.37. The molecule has 5 nitrogen and oxygen atoms in total. The Morgan fingerprint density at radius 2 is 2.24 bits per heavy atom. The molecule has 0 bridgehead atoms. The largest absolute Gasteiger partial charge is 0.482 e. The number of aryl methyl sites for hydroxylation is 1. The molecule has 1 amide bonds. The minimum atomic E-state index is -1.03. The first kappa shape index (κ1) is 15.6. The predicted octanol–water partition coefficient (Wildman–Crippen LogP) is 3.05. The molecule has 114 valence electrons. The predicted molar refractivity (Wildman–Crippen MR) is 80.8 cm³/mol. The summed E-state index contributed by atoms with van der Waals surface area (Å²) < 4.78 is 5.43. The maximum atomic E-state index is 12.2. The van der Waals surface area contributed by atoms with Crippen molar-refractivity contribution in [2.24, 2.45) is 0 Å².